The van der Waals surface area contributed by atoms with E-state index in [1.807, 2.05) is 0 Å². The van der Waals surface area contributed by atoms with Crippen LogP contribution in [-0.2, 0) is 6.54 Å². The van der Waals surface area contributed by atoms with Gasteiger partial charge >= 0.3 is 0 Å². The maximum atomic E-state index is 3.69. The fraction of sp³-hybridized carbons (Fsp3) is 0.600. The minimum atomic E-state index is 0.597. The zero-order valence-electron chi connectivity index (χ0n) is 11.2. The lowest BCUT2D eigenvalue weighted by molar-refractivity contribution is 0.138. The Morgan fingerprint density at radius 3 is 2.59 bits per heavy atom. The zero-order chi connectivity index (χ0) is 12.3. The summed E-state index contributed by atoms with van der Waals surface area (Å²) in [6, 6.07) is 12.0. The maximum Gasteiger partial charge on any atom is 0.0235 e. The molecule has 1 aliphatic heterocycles. The van der Waals surface area contributed by atoms with E-state index in [1.165, 1.54) is 5.56 Å². The Bertz CT molecular complexity index is 334. The van der Waals surface area contributed by atoms with Crippen LogP contribution < -0.4 is 5.32 Å². The van der Waals surface area contributed by atoms with Crippen molar-refractivity contribution in [2.24, 2.45) is 5.92 Å². The maximum absolute atomic E-state index is 3.69. The smallest absolute Gasteiger partial charge is 0.0235 e. The van der Waals surface area contributed by atoms with Gasteiger partial charge in [0, 0.05) is 31.7 Å². The highest BCUT2D eigenvalue weighted by atomic mass is 15.2. The van der Waals surface area contributed by atoms with Crippen molar-refractivity contribution in [3.8, 4) is 0 Å². The molecule has 1 heterocycles. The first kappa shape index (κ1) is 12.6. The van der Waals surface area contributed by atoms with Crippen LogP contribution in [0.15, 0.2) is 30.3 Å². The largest absolute Gasteiger partial charge is 0.309 e. The van der Waals surface area contributed by atoms with E-state index >= 15 is 0 Å². The molecule has 2 nitrogen and oxygen atoms in total. The standard InChI is InChI=1S/C15H24N2/c1-12(2)15-11-17(9-13(3)16-15)10-14-7-5-4-6-8-14/h4-8,12-13,15-16H,9-11H2,1-3H3/t13-,15-/m0/s1. The molecule has 94 valence electrons. The van der Waals surface area contributed by atoms with Gasteiger partial charge in [0.25, 0.3) is 0 Å². The molecule has 2 rings (SSSR count). The van der Waals surface area contributed by atoms with Gasteiger partial charge in [-0.2, -0.15) is 0 Å². The first-order valence-electron chi connectivity index (χ1n) is 6.67. The third kappa shape index (κ3) is 3.55. The molecular weight excluding hydrogens is 208 g/mol. The fourth-order valence-corrected chi connectivity index (χ4v) is 2.58. The van der Waals surface area contributed by atoms with Gasteiger partial charge in [0.15, 0.2) is 0 Å². The normalized spacial score (nSPS) is 26.4. The monoisotopic (exact) mass is 232 g/mol. The SMILES string of the molecule is CC(C)[C@@H]1CN(Cc2ccccc2)C[C@H](C)N1. The van der Waals surface area contributed by atoms with E-state index < -0.39 is 0 Å². The van der Waals surface area contributed by atoms with Crippen molar-refractivity contribution in [2.45, 2.75) is 39.4 Å². The lowest BCUT2D eigenvalue weighted by atomic mass is 9.99. The van der Waals surface area contributed by atoms with Crippen LogP contribution in [0.2, 0.25) is 0 Å². The summed E-state index contributed by atoms with van der Waals surface area (Å²) in [4.78, 5) is 2.57. The van der Waals surface area contributed by atoms with Crippen LogP contribution >= 0.6 is 0 Å². The average Bonchev–Trinajstić information content (AvgIpc) is 2.29. The van der Waals surface area contributed by atoms with E-state index in [1.54, 1.807) is 0 Å². The van der Waals surface area contributed by atoms with Gasteiger partial charge in [-0.05, 0) is 18.4 Å². The minimum absolute atomic E-state index is 0.597. The van der Waals surface area contributed by atoms with Crippen LogP contribution in [0.4, 0.5) is 0 Å². The van der Waals surface area contributed by atoms with Crippen LogP contribution in [0.1, 0.15) is 26.3 Å². The molecule has 0 aromatic heterocycles. The predicted molar refractivity (Wildman–Crippen MR) is 72.9 cm³/mol. The van der Waals surface area contributed by atoms with E-state index in [4.69, 9.17) is 0 Å². The molecule has 0 saturated carbocycles. The lowest BCUT2D eigenvalue weighted by Gasteiger charge is -2.39. The summed E-state index contributed by atoms with van der Waals surface area (Å²) in [7, 11) is 0. The van der Waals surface area contributed by atoms with E-state index in [0.717, 1.165) is 19.6 Å². The van der Waals surface area contributed by atoms with Crippen LogP contribution in [0.3, 0.4) is 0 Å². The topological polar surface area (TPSA) is 15.3 Å². The second-order valence-corrected chi connectivity index (χ2v) is 5.60. The van der Waals surface area contributed by atoms with Gasteiger partial charge in [-0.3, -0.25) is 4.90 Å². The number of piperazine rings is 1. The van der Waals surface area contributed by atoms with Gasteiger partial charge in [0.05, 0.1) is 0 Å². The number of benzene rings is 1. The summed E-state index contributed by atoms with van der Waals surface area (Å²) in [5, 5.41) is 3.69. The highest BCUT2D eigenvalue weighted by Crippen LogP contribution is 2.14. The summed E-state index contributed by atoms with van der Waals surface area (Å²) in [6.07, 6.45) is 0. The molecule has 1 N–H and O–H groups in total. The summed E-state index contributed by atoms with van der Waals surface area (Å²) in [5.74, 6) is 0.705. The number of nitrogens with one attached hydrogen (secondary N) is 1. The Morgan fingerprint density at radius 2 is 1.94 bits per heavy atom. The molecule has 0 radical (unpaired) electrons. The number of nitrogens with zero attached hydrogens (tertiary/aromatic N) is 1. The molecule has 0 bridgehead atoms. The highest BCUT2D eigenvalue weighted by molar-refractivity contribution is 5.14. The lowest BCUT2D eigenvalue weighted by Crippen LogP contribution is -2.56. The zero-order valence-corrected chi connectivity index (χ0v) is 11.2. The molecule has 0 unspecified atom stereocenters. The first-order chi connectivity index (χ1) is 8.15. The molecule has 1 aromatic carbocycles. The Kier molecular flexibility index (Phi) is 4.19. The Balaban J connectivity index is 1.96. The molecule has 0 amide bonds. The predicted octanol–water partition coefficient (Wildman–Crippen LogP) is 2.50. The third-order valence-electron chi connectivity index (χ3n) is 3.54. The van der Waals surface area contributed by atoms with Gasteiger partial charge < -0.3 is 5.32 Å². The van der Waals surface area contributed by atoms with Crippen molar-refractivity contribution >= 4 is 0 Å². The molecule has 1 saturated heterocycles. The van der Waals surface area contributed by atoms with Crippen molar-refractivity contribution in [1.29, 1.82) is 0 Å². The van der Waals surface area contributed by atoms with Crippen LogP contribution in [0.25, 0.3) is 0 Å². The minimum Gasteiger partial charge on any atom is -0.309 e. The number of hydrogen-bond acceptors (Lipinski definition) is 2. The van der Waals surface area contributed by atoms with Crippen molar-refractivity contribution in [3.05, 3.63) is 35.9 Å². The van der Waals surface area contributed by atoms with Crippen LogP contribution in [-0.4, -0.2) is 30.1 Å². The summed E-state index contributed by atoms with van der Waals surface area (Å²) in [5.41, 5.74) is 1.42. The second-order valence-electron chi connectivity index (χ2n) is 5.60. The molecule has 0 aliphatic carbocycles. The van der Waals surface area contributed by atoms with E-state index in [2.05, 4.69) is 61.3 Å². The van der Waals surface area contributed by atoms with Gasteiger partial charge in [-0.25, -0.2) is 0 Å². The van der Waals surface area contributed by atoms with Crippen LogP contribution in [0, 0.1) is 5.92 Å². The van der Waals surface area contributed by atoms with Gasteiger partial charge in [-0.1, -0.05) is 44.2 Å². The van der Waals surface area contributed by atoms with Crippen molar-refractivity contribution in [2.75, 3.05) is 13.1 Å². The molecule has 17 heavy (non-hydrogen) atoms. The average molecular weight is 232 g/mol. The highest BCUT2D eigenvalue weighted by Gasteiger charge is 2.25. The quantitative estimate of drug-likeness (QED) is 0.861. The summed E-state index contributed by atoms with van der Waals surface area (Å²) < 4.78 is 0. The second kappa shape index (κ2) is 5.65. The Morgan fingerprint density at radius 1 is 1.24 bits per heavy atom. The van der Waals surface area contributed by atoms with Crippen molar-refractivity contribution < 1.29 is 0 Å². The Hall–Kier alpha value is -0.860. The van der Waals surface area contributed by atoms with E-state index in [9.17, 15) is 0 Å². The molecule has 1 aromatic rings. The van der Waals surface area contributed by atoms with Gasteiger partial charge in [-0.15, -0.1) is 0 Å². The number of rotatable bonds is 3. The molecule has 2 heteroatoms. The molecular formula is C15H24N2. The molecule has 1 aliphatic rings. The summed E-state index contributed by atoms with van der Waals surface area (Å²) in [6.45, 7) is 10.3. The van der Waals surface area contributed by atoms with Crippen molar-refractivity contribution in [1.82, 2.24) is 10.2 Å². The summed E-state index contributed by atoms with van der Waals surface area (Å²) >= 11 is 0. The van der Waals surface area contributed by atoms with E-state index in [0.29, 0.717) is 18.0 Å². The fourth-order valence-electron chi connectivity index (χ4n) is 2.58. The van der Waals surface area contributed by atoms with Gasteiger partial charge in [0.1, 0.15) is 0 Å². The molecule has 0 spiro atoms. The van der Waals surface area contributed by atoms with Crippen molar-refractivity contribution in [3.63, 3.8) is 0 Å². The molecule has 2 atom stereocenters. The third-order valence-corrected chi connectivity index (χ3v) is 3.54. The van der Waals surface area contributed by atoms with E-state index in [-0.39, 0.29) is 0 Å². The number of hydrogen-bond donors (Lipinski definition) is 1. The van der Waals surface area contributed by atoms with Crippen LogP contribution in [0.5, 0.6) is 0 Å². The first-order valence-corrected chi connectivity index (χ1v) is 6.67. The molecule has 1 fully saturated rings. The van der Waals surface area contributed by atoms with Gasteiger partial charge in [0.2, 0.25) is 0 Å². The Labute approximate surface area is 105 Å².